The van der Waals surface area contributed by atoms with Crippen LogP contribution in [-0.2, 0) is 0 Å². The monoisotopic (exact) mass is 277 g/mol. The molecule has 0 spiro atoms. The lowest BCUT2D eigenvalue weighted by Crippen LogP contribution is -2.35. The minimum Gasteiger partial charge on any atom is -0.368 e. The third-order valence-corrected chi connectivity index (χ3v) is 5.03. The normalized spacial score (nSPS) is 24.1. The third kappa shape index (κ3) is 2.38. The Labute approximate surface area is 119 Å². The van der Waals surface area contributed by atoms with Gasteiger partial charge in [0.15, 0.2) is 6.29 Å². The average molecular weight is 278 g/mol. The molecular weight excluding hydrogens is 258 g/mol. The number of aldehydes is 1. The molecule has 0 radical (unpaired) electrons. The number of benzene rings is 1. The second kappa shape index (κ2) is 5.54. The number of carbonyl (C=O) groups is 1. The van der Waals surface area contributed by atoms with Gasteiger partial charge in [-0.2, -0.15) is 0 Å². The first-order valence-corrected chi connectivity index (χ1v) is 7.69. The fourth-order valence-corrected chi connectivity index (χ4v) is 4.03. The first-order chi connectivity index (χ1) is 9.31. The lowest BCUT2D eigenvalue weighted by molar-refractivity contribution is 0.112. The van der Waals surface area contributed by atoms with Crippen molar-refractivity contribution in [1.82, 2.24) is 0 Å². The zero-order valence-electron chi connectivity index (χ0n) is 11.1. The molecule has 19 heavy (non-hydrogen) atoms. The highest BCUT2D eigenvalue weighted by Gasteiger charge is 2.34. The molecule has 1 heterocycles. The van der Waals surface area contributed by atoms with Gasteiger partial charge >= 0.3 is 0 Å². The maximum Gasteiger partial charge on any atom is 0.153 e. The van der Waals surface area contributed by atoms with Crippen LogP contribution in [0, 0.1) is 5.92 Å². The molecule has 102 valence electrons. The molecule has 1 aliphatic carbocycles. The highest BCUT2D eigenvalue weighted by atomic mass is 35.5. The van der Waals surface area contributed by atoms with Gasteiger partial charge in [0.25, 0.3) is 0 Å². The van der Waals surface area contributed by atoms with E-state index in [1.54, 1.807) is 6.07 Å². The molecule has 1 saturated heterocycles. The molecule has 0 N–H and O–H groups in total. The van der Waals surface area contributed by atoms with Gasteiger partial charge in [-0.05, 0) is 43.7 Å². The Hall–Kier alpha value is -1.02. The second-order valence-electron chi connectivity index (χ2n) is 5.74. The summed E-state index contributed by atoms with van der Waals surface area (Å²) in [5.74, 6) is 0.806. The molecule has 0 bridgehead atoms. The topological polar surface area (TPSA) is 20.3 Å². The Morgan fingerprint density at radius 2 is 1.95 bits per heavy atom. The molecule has 0 amide bonds. The second-order valence-corrected chi connectivity index (χ2v) is 6.15. The van der Waals surface area contributed by atoms with Crippen molar-refractivity contribution >= 4 is 23.6 Å². The highest BCUT2D eigenvalue weighted by Crippen LogP contribution is 2.39. The third-order valence-electron chi connectivity index (χ3n) is 4.70. The quantitative estimate of drug-likeness (QED) is 0.767. The van der Waals surface area contributed by atoms with E-state index in [2.05, 4.69) is 4.90 Å². The van der Waals surface area contributed by atoms with Gasteiger partial charge < -0.3 is 4.90 Å². The van der Waals surface area contributed by atoms with E-state index in [4.69, 9.17) is 11.6 Å². The molecule has 1 aromatic rings. The Balaban J connectivity index is 1.92. The summed E-state index contributed by atoms with van der Waals surface area (Å²) in [6.07, 6.45) is 8.82. The van der Waals surface area contributed by atoms with Crippen molar-refractivity contribution in [2.75, 3.05) is 11.4 Å². The van der Waals surface area contributed by atoms with Gasteiger partial charge in [-0.3, -0.25) is 4.79 Å². The fourth-order valence-electron chi connectivity index (χ4n) is 3.82. The van der Waals surface area contributed by atoms with Crippen LogP contribution in [0.2, 0.25) is 5.02 Å². The number of carbonyl (C=O) groups excluding carboxylic acids is 1. The van der Waals surface area contributed by atoms with E-state index in [-0.39, 0.29) is 0 Å². The molecule has 2 fully saturated rings. The number of halogens is 1. The molecule has 1 unspecified atom stereocenters. The summed E-state index contributed by atoms with van der Waals surface area (Å²) in [7, 11) is 0. The summed E-state index contributed by atoms with van der Waals surface area (Å²) in [5.41, 5.74) is 1.70. The lowest BCUT2D eigenvalue weighted by atomic mass is 9.95. The van der Waals surface area contributed by atoms with Gasteiger partial charge in [0.05, 0.1) is 10.6 Å². The first kappa shape index (κ1) is 13.0. The smallest absolute Gasteiger partial charge is 0.153 e. The van der Waals surface area contributed by atoms with Crippen LogP contribution in [0.3, 0.4) is 0 Å². The molecule has 3 rings (SSSR count). The van der Waals surface area contributed by atoms with Crippen molar-refractivity contribution in [1.29, 1.82) is 0 Å². The van der Waals surface area contributed by atoms with Gasteiger partial charge in [-0.25, -0.2) is 0 Å². The SMILES string of the molecule is O=Cc1c(Cl)cccc1N1CCCC1C1CCCC1. The molecule has 1 aliphatic heterocycles. The van der Waals surface area contributed by atoms with Crippen molar-refractivity contribution in [3.05, 3.63) is 28.8 Å². The van der Waals surface area contributed by atoms with Crippen LogP contribution in [-0.4, -0.2) is 18.9 Å². The van der Waals surface area contributed by atoms with Crippen LogP contribution in [0.15, 0.2) is 18.2 Å². The van der Waals surface area contributed by atoms with Gasteiger partial charge in [0.1, 0.15) is 0 Å². The van der Waals surface area contributed by atoms with Crippen LogP contribution in [0.5, 0.6) is 0 Å². The van der Waals surface area contributed by atoms with Gasteiger partial charge in [-0.15, -0.1) is 0 Å². The minimum atomic E-state index is 0.574. The van der Waals surface area contributed by atoms with E-state index in [9.17, 15) is 4.79 Å². The van der Waals surface area contributed by atoms with Crippen LogP contribution < -0.4 is 4.90 Å². The minimum absolute atomic E-state index is 0.574. The van der Waals surface area contributed by atoms with E-state index < -0.39 is 0 Å². The zero-order chi connectivity index (χ0) is 13.2. The Bertz CT molecular complexity index is 468. The number of hydrogen-bond donors (Lipinski definition) is 0. The van der Waals surface area contributed by atoms with Crippen molar-refractivity contribution in [2.24, 2.45) is 5.92 Å². The zero-order valence-corrected chi connectivity index (χ0v) is 11.9. The molecule has 1 atom stereocenters. The maximum absolute atomic E-state index is 11.3. The van der Waals surface area contributed by atoms with Gasteiger partial charge in [0.2, 0.25) is 0 Å². The predicted octanol–water partition coefficient (Wildman–Crippen LogP) is 4.31. The van der Waals surface area contributed by atoms with Gasteiger partial charge in [-0.1, -0.05) is 30.5 Å². The van der Waals surface area contributed by atoms with E-state index in [1.165, 1.54) is 38.5 Å². The molecule has 1 saturated carbocycles. The Morgan fingerprint density at radius 1 is 1.16 bits per heavy atom. The van der Waals surface area contributed by atoms with Gasteiger partial charge in [0, 0.05) is 18.3 Å². The van der Waals surface area contributed by atoms with E-state index in [0.29, 0.717) is 16.6 Å². The molecule has 2 nitrogen and oxygen atoms in total. The van der Waals surface area contributed by atoms with Crippen molar-refractivity contribution in [3.63, 3.8) is 0 Å². The van der Waals surface area contributed by atoms with Crippen molar-refractivity contribution in [3.8, 4) is 0 Å². The van der Waals surface area contributed by atoms with E-state index in [1.807, 2.05) is 12.1 Å². The predicted molar refractivity (Wildman–Crippen MR) is 79.2 cm³/mol. The lowest BCUT2D eigenvalue weighted by Gasteiger charge is -2.32. The molecule has 0 aromatic heterocycles. The largest absolute Gasteiger partial charge is 0.368 e. The summed E-state index contributed by atoms with van der Waals surface area (Å²) in [6, 6.07) is 6.41. The number of anilines is 1. The van der Waals surface area contributed by atoms with Crippen LogP contribution in [0.25, 0.3) is 0 Å². The van der Waals surface area contributed by atoms with Crippen LogP contribution >= 0.6 is 11.6 Å². The summed E-state index contributed by atoms with van der Waals surface area (Å²) in [4.78, 5) is 13.8. The number of rotatable bonds is 3. The molecule has 1 aromatic carbocycles. The summed E-state index contributed by atoms with van der Waals surface area (Å²) < 4.78 is 0. The summed E-state index contributed by atoms with van der Waals surface area (Å²) in [5, 5.41) is 0.574. The average Bonchev–Trinajstić information content (AvgIpc) is 3.09. The standard InChI is InChI=1S/C16H20ClNO/c17-14-7-3-8-16(13(14)11-19)18-10-4-9-15(18)12-5-1-2-6-12/h3,7-8,11-12,15H,1-2,4-6,9-10H2. The molecular formula is C16H20ClNO. The van der Waals surface area contributed by atoms with Crippen LogP contribution in [0.1, 0.15) is 48.9 Å². The van der Waals surface area contributed by atoms with Crippen LogP contribution in [0.4, 0.5) is 5.69 Å². The van der Waals surface area contributed by atoms with E-state index in [0.717, 1.165) is 24.4 Å². The summed E-state index contributed by atoms with van der Waals surface area (Å²) >= 11 is 6.16. The Kier molecular flexibility index (Phi) is 3.79. The van der Waals surface area contributed by atoms with Crippen molar-refractivity contribution in [2.45, 2.75) is 44.6 Å². The molecule has 3 heteroatoms. The Morgan fingerprint density at radius 3 is 2.68 bits per heavy atom. The number of nitrogens with zero attached hydrogens (tertiary/aromatic N) is 1. The fraction of sp³-hybridized carbons (Fsp3) is 0.562. The maximum atomic E-state index is 11.3. The first-order valence-electron chi connectivity index (χ1n) is 7.31. The van der Waals surface area contributed by atoms with Crippen molar-refractivity contribution < 1.29 is 4.79 Å². The number of hydrogen-bond acceptors (Lipinski definition) is 2. The molecule has 2 aliphatic rings. The highest BCUT2D eigenvalue weighted by molar-refractivity contribution is 6.33. The summed E-state index contributed by atoms with van der Waals surface area (Å²) in [6.45, 7) is 1.06. The van der Waals surface area contributed by atoms with E-state index >= 15 is 0 Å².